The van der Waals surface area contributed by atoms with Crippen molar-refractivity contribution in [3.63, 3.8) is 0 Å². The van der Waals surface area contributed by atoms with Gasteiger partial charge in [-0.05, 0) is 6.07 Å². The third kappa shape index (κ3) is 3.76. The van der Waals surface area contributed by atoms with E-state index in [9.17, 15) is 17.2 Å². The van der Waals surface area contributed by atoms with Gasteiger partial charge in [0.15, 0.2) is 0 Å². The molecule has 5 nitrogen and oxygen atoms in total. The van der Waals surface area contributed by atoms with E-state index in [2.05, 4.69) is 10.3 Å². The number of anilines is 1. The average molecular weight is 286 g/mol. The van der Waals surface area contributed by atoms with Crippen LogP contribution in [0.4, 0.5) is 14.6 Å². The lowest BCUT2D eigenvalue weighted by Crippen LogP contribution is -2.28. The Kier molecular flexibility index (Phi) is 4.61. The molecule has 17 heavy (non-hydrogen) atoms. The smallest absolute Gasteiger partial charge is 0.251 e. The second-order valence-electron chi connectivity index (χ2n) is 2.99. The van der Waals surface area contributed by atoms with Gasteiger partial charge in [-0.2, -0.15) is 0 Å². The molecule has 1 heterocycles. The quantitative estimate of drug-likeness (QED) is 0.856. The first-order valence-corrected chi connectivity index (χ1v) is 6.34. The number of alkyl halides is 2. The van der Waals surface area contributed by atoms with Gasteiger partial charge in [0.1, 0.15) is 10.7 Å². The molecule has 1 aromatic heterocycles. The number of sulfonamides is 1. The van der Waals surface area contributed by atoms with E-state index < -0.39 is 23.0 Å². The van der Waals surface area contributed by atoms with Crippen LogP contribution in [-0.4, -0.2) is 33.4 Å². The van der Waals surface area contributed by atoms with Crippen LogP contribution in [0.15, 0.2) is 17.2 Å². The Morgan fingerprint density at radius 3 is 2.65 bits per heavy atom. The molecular formula is C8H10ClF2N3O2S. The first-order chi connectivity index (χ1) is 7.86. The highest BCUT2D eigenvalue weighted by Gasteiger charge is 2.17. The van der Waals surface area contributed by atoms with Gasteiger partial charge in [0.2, 0.25) is 10.0 Å². The van der Waals surface area contributed by atoms with Gasteiger partial charge in [-0.15, -0.1) is 0 Å². The van der Waals surface area contributed by atoms with E-state index in [1.54, 1.807) is 11.8 Å². The summed E-state index contributed by atoms with van der Waals surface area (Å²) in [6, 6.07) is 1.13. The Balaban J connectivity index is 2.96. The molecule has 0 saturated carbocycles. The van der Waals surface area contributed by atoms with E-state index in [4.69, 9.17) is 11.6 Å². The van der Waals surface area contributed by atoms with Gasteiger partial charge < -0.3 is 5.32 Å². The largest absolute Gasteiger partial charge is 0.372 e. The number of nitrogens with one attached hydrogen (secondary N) is 2. The van der Waals surface area contributed by atoms with Crippen molar-refractivity contribution in [3.05, 3.63) is 17.3 Å². The predicted octanol–water partition coefficient (Wildman–Crippen LogP) is 1.32. The lowest BCUT2D eigenvalue weighted by atomic mass is 10.4. The van der Waals surface area contributed by atoms with Crippen LogP contribution in [0.3, 0.4) is 0 Å². The van der Waals surface area contributed by atoms with Gasteiger partial charge in [-0.25, -0.2) is 26.9 Å². The number of rotatable bonds is 5. The minimum Gasteiger partial charge on any atom is -0.372 e. The summed E-state index contributed by atoms with van der Waals surface area (Å²) in [5, 5.41) is 2.74. The number of aromatic nitrogens is 1. The fourth-order valence-corrected chi connectivity index (χ4v) is 2.31. The molecule has 0 unspecified atom stereocenters. The van der Waals surface area contributed by atoms with Crippen molar-refractivity contribution in [3.8, 4) is 0 Å². The maximum absolute atomic E-state index is 11.9. The molecule has 0 aliphatic heterocycles. The van der Waals surface area contributed by atoms with Crippen molar-refractivity contribution in [2.24, 2.45) is 0 Å². The van der Waals surface area contributed by atoms with E-state index in [-0.39, 0.29) is 9.92 Å². The molecule has 1 aromatic rings. The van der Waals surface area contributed by atoms with E-state index in [0.717, 1.165) is 12.3 Å². The highest BCUT2D eigenvalue weighted by atomic mass is 35.5. The molecule has 0 aliphatic carbocycles. The highest BCUT2D eigenvalue weighted by molar-refractivity contribution is 7.89. The zero-order chi connectivity index (χ0) is 13.1. The minimum atomic E-state index is -4.01. The van der Waals surface area contributed by atoms with Crippen LogP contribution in [0.1, 0.15) is 0 Å². The van der Waals surface area contributed by atoms with E-state index >= 15 is 0 Å². The van der Waals surface area contributed by atoms with Crippen LogP contribution in [0, 0.1) is 0 Å². The lowest BCUT2D eigenvalue weighted by Gasteiger charge is -2.08. The number of nitrogens with zero attached hydrogens (tertiary/aromatic N) is 1. The molecule has 0 aliphatic rings. The third-order valence-corrected chi connectivity index (χ3v) is 3.47. The van der Waals surface area contributed by atoms with Crippen molar-refractivity contribution in [2.75, 3.05) is 18.9 Å². The summed E-state index contributed by atoms with van der Waals surface area (Å²) < 4.78 is 48.6. The Morgan fingerprint density at radius 1 is 1.53 bits per heavy atom. The molecular weight excluding hydrogens is 276 g/mol. The molecule has 0 saturated heterocycles. The topological polar surface area (TPSA) is 71.1 Å². The average Bonchev–Trinajstić information content (AvgIpc) is 2.26. The molecule has 0 amide bonds. The number of hydrogen-bond acceptors (Lipinski definition) is 4. The van der Waals surface area contributed by atoms with Crippen LogP contribution in [0.2, 0.25) is 5.02 Å². The Hall–Kier alpha value is -0.990. The molecule has 2 N–H and O–H groups in total. The number of hydrogen-bond donors (Lipinski definition) is 2. The summed E-state index contributed by atoms with van der Waals surface area (Å²) in [4.78, 5) is 3.48. The zero-order valence-electron chi connectivity index (χ0n) is 8.75. The molecule has 96 valence electrons. The summed E-state index contributed by atoms with van der Waals surface area (Å²) >= 11 is 5.73. The van der Waals surface area contributed by atoms with Crippen LogP contribution in [0.5, 0.6) is 0 Å². The number of pyridine rings is 1. The zero-order valence-corrected chi connectivity index (χ0v) is 10.3. The lowest BCUT2D eigenvalue weighted by molar-refractivity contribution is 0.153. The summed E-state index contributed by atoms with van der Waals surface area (Å²) in [6.07, 6.45) is -1.73. The second-order valence-corrected chi connectivity index (χ2v) is 5.17. The first-order valence-electron chi connectivity index (χ1n) is 4.48. The Bertz CT molecular complexity index is 496. The summed E-state index contributed by atoms with van der Waals surface area (Å²) in [6.45, 7) is -0.951. The van der Waals surface area contributed by atoms with Crippen LogP contribution in [-0.2, 0) is 10.0 Å². The normalized spacial score (nSPS) is 11.8. The van der Waals surface area contributed by atoms with Gasteiger partial charge in [0.25, 0.3) is 6.43 Å². The molecule has 0 atom stereocenters. The van der Waals surface area contributed by atoms with Crippen molar-refractivity contribution in [2.45, 2.75) is 11.3 Å². The highest BCUT2D eigenvalue weighted by Crippen LogP contribution is 2.21. The minimum absolute atomic E-state index is 0.0902. The van der Waals surface area contributed by atoms with Crippen molar-refractivity contribution in [1.29, 1.82) is 0 Å². The van der Waals surface area contributed by atoms with Gasteiger partial charge in [0.05, 0.1) is 11.6 Å². The standard InChI is InChI=1S/C8H10ClF2N3O2S/c1-12-8-6(9)2-5(3-13-8)17(15,16)14-4-7(10)11/h2-3,7,14H,4H2,1H3,(H,12,13). The molecule has 9 heteroatoms. The van der Waals surface area contributed by atoms with E-state index in [1.165, 1.54) is 0 Å². The van der Waals surface area contributed by atoms with Gasteiger partial charge >= 0.3 is 0 Å². The Morgan fingerprint density at radius 2 is 2.18 bits per heavy atom. The van der Waals surface area contributed by atoms with Crippen molar-refractivity contribution < 1.29 is 17.2 Å². The second kappa shape index (κ2) is 5.56. The van der Waals surface area contributed by atoms with Crippen LogP contribution in [0.25, 0.3) is 0 Å². The summed E-state index contributed by atoms with van der Waals surface area (Å²) in [5.74, 6) is 0.305. The first kappa shape index (κ1) is 14.1. The molecule has 0 fully saturated rings. The van der Waals surface area contributed by atoms with E-state index in [1.807, 2.05) is 0 Å². The van der Waals surface area contributed by atoms with Gasteiger partial charge in [-0.1, -0.05) is 11.6 Å². The van der Waals surface area contributed by atoms with E-state index in [0.29, 0.717) is 5.82 Å². The van der Waals surface area contributed by atoms with Gasteiger partial charge in [-0.3, -0.25) is 0 Å². The predicted molar refractivity (Wildman–Crippen MR) is 60.0 cm³/mol. The van der Waals surface area contributed by atoms with Gasteiger partial charge in [0, 0.05) is 13.2 Å². The maximum atomic E-state index is 11.9. The van der Waals surface area contributed by atoms with Crippen molar-refractivity contribution >= 4 is 27.4 Å². The molecule has 0 bridgehead atoms. The monoisotopic (exact) mass is 285 g/mol. The number of halogens is 3. The fourth-order valence-electron chi connectivity index (χ4n) is 1.01. The summed E-state index contributed by atoms with van der Waals surface area (Å²) in [7, 11) is -2.44. The summed E-state index contributed by atoms with van der Waals surface area (Å²) in [5.41, 5.74) is 0. The molecule has 0 spiro atoms. The maximum Gasteiger partial charge on any atom is 0.251 e. The SMILES string of the molecule is CNc1ncc(S(=O)(=O)NCC(F)F)cc1Cl. The van der Waals surface area contributed by atoms with Crippen molar-refractivity contribution in [1.82, 2.24) is 9.71 Å². The molecule has 0 aromatic carbocycles. The third-order valence-electron chi connectivity index (χ3n) is 1.79. The molecule has 0 radical (unpaired) electrons. The molecule has 1 rings (SSSR count). The fraction of sp³-hybridized carbons (Fsp3) is 0.375. The van der Waals surface area contributed by atoms with Crippen LogP contribution >= 0.6 is 11.6 Å². The van der Waals surface area contributed by atoms with Crippen LogP contribution < -0.4 is 10.0 Å². The Labute approximate surface area is 102 Å².